The van der Waals surface area contributed by atoms with E-state index < -0.39 is 0 Å². The van der Waals surface area contributed by atoms with Crippen molar-refractivity contribution in [2.45, 2.75) is 39.5 Å². The molecule has 6 heteroatoms. The highest BCUT2D eigenvalue weighted by molar-refractivity contribution is 5.82. The summed E-state index contributed by atoms with van der Waals surface area (Å²) in [6, 6.07) is 0. The molecule has 2 saturated heterocycles. The van der Waals surface area contributed by atoms with E-state index in [0.717, 1.165) is 32.0 Å². The number of guanidine groups is 1. The molecular formula is C18H34N4O2. The number of rotatable bonds is 7. The number of nitrogens with zero attached hydrogens (tertiary/aromatic N) is 3. The first-order chi connectivity index (χ1) is 11.7. The van der Waals surface area contributed by atoms with Gasteiger partial charge >= 0.3 is 5.97 Å². The zero-order valence-electron chi connectivity index (χ0n) is 15.6. The topological polar surface area (TPSA) is 57.2 Å². The summed E-state index contributed by atoms with van der Waals surface area (Å²) in [6.45, 7) is 11.2. The number of ether oxygens (including phenoxy) is 1. The van der Waals surface area contributed by atoms with Crippen LogP contribution in [0.5, 0.6) is 0 Å². The second-order valence-corrected chi connectivity index (χ2v) is 7.00. The fraction of sp³-hybridized carbons (Fsp3) is 0.889. The van der Waals surface area contributed by atoms with Crippen molar-refractivity contribution in [3.63, 3.8) is 0 Å². The van der Waals surface area contributed by atoms with E-state index in [0.29, 0.717) is 12.5 Å². The Morgan fingerprint density at radius 3 is 2.67 bits per heavy atom. The molecule has 2 unspecified atom stereocenters. The van der Waals surface area contributed by atoms with Crippen molar-refractivity contribution in [3.05, 3.63) is 0 Å². The molecule has 2 aliphatic heterocycles. The first kappa shape index (κ1) is 19.0. The monoisotopic (exact) mass is 338 g/mol. The summed E-state index contributed by atoms with van der Waals surface area (Å²) in [6.07, 6.45) is 5.05. The highest BCUT2D eigenvalue weighted by Gasteiger charge is 2.36. The summed E-state index contributed by atoms with van der Waals surface area (Å²) >= 11 is 0. The Kier molecular flexibility index (Phi) is 7.82. The van der Waals surface area contributed by atoms with E-state index in [1.165, 1.54) is 46.0 Å². The molecule has 0 radical (unpaired) electrons. The standard InChI is InChI=1S/C18H34N4O2/c1-4-19-18(20-9-5-6-10-21-11-7-8-12-21)22-13-15(2)16(14-22)17(23)24-3/h15-16H,4-14H2,1-3H3,(H,19,20). The molecule has 0 saturated carbocycles. The number of aliphatic imine (C=N–C) groups is 1. The van der Waals surface area contributed by atoms with Gasteiger partial charge in [-0.2, -0.15) is 0 Å². The Balaban J connectivity index is 1.78. The van der Waals surface area contributed by atoms with Crippen LogP contribution in [0.4, 0.5) is 0 Å². The molecule has 1 N–H and O–H groups in total. The van der Waals surface area contributed by atoms with Crippen molar-refractivity contribution < 1.29 is 9.53 Å². The van der Waals surface area contributed by atoms with Crippen molar-refractivity contribution in [2.75, 3.05) is 52.9 Å². The van der Waals surface area contributed by atoms with Crippen LogP contribution in [-0.4, -0.2) is 74.7 Å². The Morgan fingerprint density at radius 2 is 2.00 bits per heavy atom. The molecule has 2 heterocycles. The third kappa shape index (κ3) is 5.36. The van der Waals surface area contributed by atoms with Gasteiger partial charge in [0.25, 0.3) is 0 Å². The second kappa shape index (κ2) is 9.87. The first-order valence-corrected chi connectivity index (χ1v) is 9.49. The van der Waals surface area contributed by atoms with Gasteiger partial charge in [-0.1, -0.05) is 6.92 Å². The maximum absolute atomic E-state index is 11.9. The van der Waals surface area contributed by atoms with Crippen LogP contribution in [-0.2, 0) is 9.53 Å². The van der Waals surface area contributed by atoms with E-state index in [2.05, 4.69) is 29.0 Å². The maximum Gasteiger partial charge on any atom is 0.310 e. The van der Waals surface area contributed by atoms with Gasteiger partial charge < -0.3 is 19.9 Å². The molecule has 0 aromatic heterocycles. The van der Waals surface area contributed by atoms with Crippen LogP contribution in [0.2, 0.25) is 0 Å². The molecule has 0 amide bonds. The number of carbonyl (C=O) groups is 1. The zero-order chi connectivity index (χ0) is 17.4. The van der Waals surface area contributed by atoms with Gasteiger partial charge in [-0.15, -0.1) is 0 Å². The second-order valence-electron chi connectivity index (χ2n) is 7.00. The van der Waals surface area contributed by atoms with Crippen molar-refractivity contribution >= 4 is 11.9 Å². The van der Waals surface area contributed by atoms with Crippen LogP contribution in [0.3, 0.4) is 0 Å². The number of esters is 1. The van der Waals surface area contributed by atoms with Gasteiger partial charge in [0.1, 0.15) is 0 Å². The molecule has 2 rings (SSSR count). The lowest BCUT2D eigenvalue weighted by atomic mass is 9.99. The molecule has 2 fully saturated rings. The van der Waals surface area contributed by atoms with Gasteiger partial charge in [-0.05, 0) is 58.2 Å². The SMILES string of the molecule is CCNC(=NCCCCN1CCCC1)N1CC(C)C(C(=O)OC)C1. The number of hydrogen-bond donors (Lipinski definition) is 1. The largest absolute Gasteiger partial charge is 0.469 e. The minimum atomic E-state index is -0.105. The van der Waals surface area contributed by atoms with Gasteiger partial charge in [0.15, 0.2) is 5.96 Å². The summed E-state index contributed by atoms with van der Waals surface area (Å²) in [4.78, 5) is 21.4. The van der Waals surface area contributed by atoms with E-state index in [4.69, 9.17) is 9.73 Å². The Bertz CT molecular complexity index is 421. The number of likely N-dealkylation sites (tertiary alicyclic amines) is 2. The fourth-order valence-corrected chi connectivity index (χ4v) is 3.66. The number of methoxy groups -OCH3 is 1. The molecule has 0 bridgehead atoms. The van der Waals surface area contributed by atoms with Crippen LogP contribution in [0.15, 0.2) is 4.99 Å². The Labute approximate surface area is 146 Å². The lowest BCUT2D eigenvalue weighted by molar-refractivity contribution is -0.145. The average molecular weight is 338 g/mol. The van der Waals surface area contributed by atoms with Crippen molar-refractivity contribution in [3.8, 4) is 0 Å². The number of nitrogens with one attached hydrogen (secondary N) is 1. The smallest absolute Gasteiger partial charge is 0.310 e. The van der Waals surface area contributed by atoms with Gasteiger partial charge in [-0.25, -0.2) is 0 Å². The predicted molar refractivity (Wildman–Crippen MR) is 97.1 cm³/mol. The Hall–Kier alpha value is -1.30. The molecule has 2 aliphatic rings. The number of unbranched alkanes of at least 4 members (excludes halogenated alkanes) is 1. The lowest BCUT2D eigenvalue weighted by Crippen LogP contribution is -2.40. The van der Waals surface area contributed by atoms with Crippen LogP contribution in [0.1, 0.15) is 39.5 Å². The van der Waals surface area contributed by atoms with Gasteiger partial charge in [-0.3, -0.25) is 9.79 Å². The van der Waals surface area contributed by atoms with E-state index in [1.54, 1.807) is 0 Å². The van der Waals surface area contributed by atoms with Crippen LogP contribution < -0.4 is 5.32 Å². The van der Waals surface area contributed by atoms with Crippen molar-refractivity contribution in [1.82, 2.24) is 15.1 Å². The minimum Gasteiger partial charge on any atom is -0.469 e. The predicted octanol–water partition coefficient (Wildman–Crippen LogP) is 1.57. The highest BCUT2D eigenvalue weighted by atomic mass is 16.5. The zero-order valence-corrected chi connectivity index (χ0v) is 15.6. The van der Waals surface area contributed by atoms with Crippen LogP contribution >= 0.6 is 0 Å². The summed E-state index contributed by atoms with van der Waals surface area (Å²) in [7, 11) is 1.47. The quantitative estimate of drug-likeness (QED) is 0.330. The molecule has 138 valence electrons. The van der Waals surface area contributed by atoms with E-state index in [-0.39, 0.29) is 11.9 Å². The van der Waals surface area contributed by atoms with Crippen LogP contribution in [0, 0.1) is 11.8 Å². The summed E-state index contributed by atoms with van der Waals surface area (Å²) in [5.74, 6) is 1.09. The number of carbonyl (C=O) groups excluding carboxylic acids is 1. The summed E-state index contributed by atoms with van der Waals surface area (Å²) in [5, 5.41) is 3.37. The molecule has 0 aromatic rings. The molecule has 0 spiro atoms. The van der Waals surface area contributed by atoms with Crippen molar-refractivity contribution in [2.24, 2.45) is 16.8 Å². The van der Waals surface area contributed by atoms with E-state index >= 15 is 0 Å². The van der Waals surface area contributed by atoms with Gasteiger partial charge in [0, 0.05) is 26.2 Å². The first-order valence-electron chi connectivity index (χ1n) is 9.49. The molecule has 2 atom stereocenters. The van der Waals surface area contributed by atoms with Crippen molar-refractivity contribution in [1.29, 1.82) is 0 Å². The third-order valence-electron chi connectivity index (χ3n) is 5.09. The number of hydrogen-bond acceptors (Lipinski definition) is 4. The van der Waals surface area contributed by atoms with Crippen LogP contribution in [0.25, 0.3) is 0 Å². The normalized spacial score (nSPS) is 25.3. The average Bonchev–Trinajstić information content (AvgIpc) is 3.22. The fourth-order valence-electron chi connectivity index (χ4n) is 3.66. The molecule has 24 heavy (non-hydrogen) atoms. The molecule has 0 aromatic carbocycles. The third-order valence-corrected chi connectivity index (χ3v) is 5.09. The van der Waals surface area contributed by atoms with Gasteiger partial charge in [0.2, 0.25) is 0 Å². The summed E-state index contributed by atoms with van der Waals surface area (Å²) < 4.78 is 4.92. The Morgan fingerprint density at radius 1 is 1.25 bits per heavy atom. The molecular weight excluding hydrogens is 304 g/mol. The van der Waals surface area contributed by atoms with Gasteiger partial charge in [0.05, 0.1) is 13.0 Å². The lowest BCUT2D eigenvalue weighted by Gasteiger charge is -2.21. The summed E-state index contributed by atoms with van der Waals surface area (Å²) in [5.41, 5.74) is 0. The minimum absolute atomic E-state index is 0.0472. The van der Waals surface area contributed by atoms with E-state index in [1.807, 2.05) is 0 Å². The molecule has 0 aliphatic carbocycles. The molecule has 6 nitrogen and oxygen atoms in total. The van der Waals surface area contributed by atoms with E-state index in [9.17, 15) is 4.79 Å². The maximum atomic E-state index is 11.9. The highest BCUT2D eigenvalue weighted by Crippen LogP contribution is 2.24.